The van der Waals surface area contributed by atoms with Gasteiger partial charge in [-0.25, -0.2) is 9.97 Å². The number of nitrogens with one attached hydrogen (secondary N) is 2. The lowest BCUT2D eigenvalue weighted by Crippen LogP contribution is -2.33. The van der Waals surface area contributed by atoms with E-state index < -0.39 is 0 Å². The number of H-pyrrole nitrogens is 1. The number of hydrogen-bond acceptors (Lipinski definition) is 4. The van der Waals surface area contributed by atoms with Crippen LogP contribution < -0.4 is 5.32 Å². The van der Waals surface area contributed by atoms with Crippen LogP contribution in [-0.4, -0.2) is 26.9 Å². The molecule has 0 bridgehead atoms. The number of para-hydroxylation sites is 1. The molecule has 1 unspecified atom stereocenters. The quantitative estimate of drug-likeness (QED) is 0.556. The number of amides is 1. The van der Waals surface area contributed by atoms with Crippen molar-refractivity contribution in [2.75, 3.05) is 0 Å². The lowest BCUT2D eigenvalue weighted by Gasteiger charge is -2.14. The van der Waals surface area contributed by atoms with Crippen LogP contribution in [-0.2, 0) is 11.2 Å². The van der Waals surface area contributed by atoms with Gasteiger partial charge >= 0.3 is 0 Å². The van der Waals surface area contributed by atoms with Gasteiger partial charge in [-0.15, -0.1) is 0 Å². The summed E-state index contributed by atoms with van der Waals surface area (Å²) in [5.74, 6) is 1.87. The molecule has 1 aliphatic heterocycles. The highest BCUT2D eigenvalue weighted by molar-refractivity contribution is 5.84. The van der Waals surface area contributed by atoms with E-state index in [1.165, 1.54) is 0 Å². The van der Waals surface area contributed by atoms with Gasteiger partial charge in [0, 0.05) is 36.0 Å². The number of rotatable bonds is 4. The first-order valence-electron chi connectivity index (χ1n) is 9.87. The molecule has 1 aromatic carbocycles. The van der Waals surface area contributed by atoms with Crippen LogP contribution in [0.15, 0.2) is 47.0 Å². The second-order valence-electron chi connectivity index (χ2n) is 7.48. The minimum atomic E-state index is 0.171. The van der Waals surface area contributed by atoms with Gasteiger partial charge in [-0.05, 0) is 37.5 Å². The molecule has 5 rings (SSSR count). The highest BCUT2D eigenvalue weighted by Gasteiger charge is 2.17. The second-order valence-corrected chi connectivity index (χ2v) is 7.48. The number of carbonyl (C=O) groups excluding carboxylic acids is 1. The Balaban J connectivity index is 1.35. The van der Waals surface area contributed by atoms with E-state index in [1.54, 1.807) is 6.20 Å². The molecule has 2 N–H and O–H groups in total. The van der Waals surface area contributed by atoms with Crippen molar-refractivity contribution in [3.8, 4) is 11.3 Å². The summed E-state index contributed by atoms with van der Waals surface area (Å²) in [5, 5.41) is 4.19. The number of carbonyl (C=O) groups is 1. The van der Waals surface area contributed by atoms with Gasteiger partial charge in [-0.2, -0.15) is 0 Å². The lowest BCUT2D eigenvalue weighted by atomic mass is 10.1. The molecule has 0 spiro atoms. The van der Waals surface area contributed by atoms with Crippen LogP contribution in [0.5, 0.6) is 0 Å². The van der Waals surface area contributed by atoms with E-state index in [4.69, 9.17) is 4.42 Å². The minimum absolute atomic E-state index is 0.171. The van der Waals surface area contributed by atoms with Gasteiger partial charge in [-0.3, -0.25) is 4.79 Å². The number of imidazole rings is 1. The maximum atomic E-state index is 11.7. The maximum Gasteiger partial charge on any atom is 0.220 e. The number of benzene rings is 1. The molecule has 28 heavy (non-hydrogen) atoms. The fourth-order valence-electron chi connectivity index (χ4n) is 3.90. The Morgan fingerprint density at radius 2 is 2.11 bits per heavy atom. The Hall–Kier alpha value is -3.15. The third-order valence-corrected chi connectivity index (χ3v) is 5.40. The third kappa shape index (κ3) is 3.38. The van der Waals surface area contributed by atoms with Crippen LogP contribution in [0.3, 0.4) is 0 Å². The molecule has 1 fully saturated rings. The number of aromatic amines is 1. The number of fused-ring (bicyclic) bond motifs is 2. The number of furan rings is 1. The fourth-order valence-corrected chi connectivity index (χ4v) is 3.90. The first-order valence-corrected chi connectivity index (χ1v) is 9.87. The van der Waals surface area contributed by atoms with Gasteiger partial charge in [0.05, 0.1) is 5.52 Å². The molecule has 6 heteroatoms. The average Bonchev–Trinajstić information content (AvgIpc) is 3.26. The smallest absolute Gasteiger partial charge is 0.220 e. The molecule has 142 valence electrons. The molecular weight excluding hydrogens is 352 g/mol. The predicted molar refractivity (Wildman–Crippen MR) is 108 cm³/mol. The number of aromatic nitrogens is 3. The summed E-state index contributed by atoms with van der Waals surface area (Å²) in [6.07, 6.45) is 7.27. The Labute approximate surface area is 162 Å². The largest absolute Gasteiger partial charge is 0.456 e. The Morgan fingerprint density at radius 1 is 1.18 bits per heavy atom. The van der Waals surface area contributed by atoms with Crippen LogP contribution in [0, 0.1) is 0 Å². The highest BCUT2D eigenvalue weighted by Crippen LogP contribution is 2.28. The molecule has 1 amide bonds. The topological polar surface area (TPSA) is 83.8 Å². The van der Waals surface area contributed by atoms with Gasteiger partial charge in [-0.1, -0.05) is 24.6 Å². The van der Waals surface area contributed by atoms with Crippen LogP contribution in [0.2, 0.25) is 0 Å². The zero-order chi connectivity index (χ0) is 18.9. The van der Waals surface area contributed by atoms with E-state index in [0.717, 1.165) is 65.7 Å². The SMILES string of the molecule is O=C1CCCCC(CCc2nc3ncc(-c4cc5ccccc5o4)cc3[nH]2)N1. The molecule has 4 aromatic rings. The summed E-state index contributed by atoms with van der Waals surface area (Å²) in [7, 11) is 0. The standard InChI is InChI=1S/C22H22N4O2/c27-21-8-4-2-6-16(24-21)9-10-20-25-17-11-15(13-23-22(17)26-20)19-12-14-5-1-3-7-18(14)28-19/h1,3,5,7,11-13,16H,2,4,6,8-10H2,(H,24,27)(H,23,25,26). The number of nitrogens with zero attached hydrogens (tertiary/aromatic N) is 2. The molecular formula is C22H22N4O2. The second kappa shape index (κ2) is 7.11. The molecule has 6 nitrogen and oxygen atoms in total. The van der Waals surface area contributed by atoms with E-state index in [1.807, 2.05) is 36.4 Å². The lowest BCUT2D eigenvalue weighted by molar-refractivity contribution is -0.121. The van der Waals surface area contributed by atoms with Gasteiger partial charge in [0.1, 0.15) is 17.2 Å². The molecule has 4 heterocycles. The van der Waals surface area contributed by atoms with Crippen molar-refractivity contribution < 1.29 is 9.21 Å². The monoisotopic (exact) mass is 374 g/mol. The van der Waals surface area contributed by atoms with Crippen LogP contribution >= 0.6 is 0 Å². The molecule has 0 aliphatic carbocycles. The van der Waals surface area contributed by atoms with Gasteiger partial charge in [0.25, 0.3) is 0 Å². The van der Waals surface area contributed by atoms with Crippen LogP contribution in [0.1, 0.15) is 37.9 Å². The summed E-state index contributed by atoms with van der Waals surface area (Å²) in [5.41, 5.74) is 3.40. The van der Waals surface area contributed by atoms with Gasteiger partial charge in [0.2, 0.25) is 5.91 Å². The summed E-state index contributed by atoms with van der Waals surface area (Å²) in [4.78, 5) is 24.2. The third-order valence-electron chi connectivity index (χ3n) is 5.40. The number of aryl methyl sites for hydroxylation is 1. The first kappa shape index (κ1) is 17.0. The Kier molecular flexibility index (Phi) is 4.31. The number of pyridine rings is 1. The fraction of sp³-hybridized carbons (Fsp3) is 0.318. The summed E-state index contributed by atoms with van der Waals surface area (Å²) < 4.78 is 5.94. The zero-order valence-electron chi connectivity index (χ0n) is 15.6. The average molecular weight is 374 g/mol. The molecule has 1 saturated heterocycles. The molecule has 0 radical (unpaired) electrons. The summed E-state index contributed by atoms with van der Waals surface area (Å²) >= 11 is 0. The van der Waals surface area contributed by atoms with Crippen molar-refractivity contribution in [1.29, 1.82) is 0 Å². The predicted octanol–water partition coefficient (Wildman–Crippen LogP) is 4.36. The molecule has 1 atom stereocenters. The summed E-state index contributed by atoms with van der Waals surface area (Å²) in [6.45, 7) is 0. The van der Waals surface area contributed by atoms with E-state index in [0.29, 0.717) is 12.1 Å². The number of hydrogen-bond donors (Lipinski definition) is 2. The Bertz CT molecular complexity index is 1110. The molecule has 0 saturated carbocycles. The molecule has 1 aliphatic rings. The van der Waals surface area contributed by atoms with Gasteiger partial charge < -0.3 is 14.7 Å². The normalized spacial score (nSPS) is 17.7. The zero-order valence-corrected chi connectivity index (χ0v) is 15.6. The van der Waals surface area contributed by atoms with Crippen molar-refractivity contribution >= 4 is 28.0 Å². The summed E-state index contributed by atoms with van der Waals surface area (Å²) in [6, 6.07) is 12.3. The highest BCUT2D eigenvalue weighted by atomic mass is 16.3. The first-order chi connectivity index (χ1) is 13.7. The van der Waals surface area contributed by atoms with Crippen LogP contribution in [0.4, 0.5) is 0 Å². The van der Waals surface area contributed by atoms with Crippen LogP contribution in [0.25, 0.3) is 33.5 Å². The van der Waals surface area contributed by atoms with E-state index in [9.17, 15) is 4.79 Å². The Morgan fingerprint density at radius 3 is 3.04 bits per heavy atom. The maximum absolute atomic E-state index is 11.7. The minimum Gasteiger partial charge on any atom is -0.456 e. The van der Waals surface area contributed by atoms with E-state index in [-0.39, 0.29) is 11.9 Å². The van der Waals surface area contributed by atoms with E-state index in [2.05, 4.69) is 20.3 Å². The van der Waals surface area contributed by atoms with Crippen molar-refractivity contribution in [1.82, 2.24) is 20.3 Å². The molecule has 3 aromatic heterocycles. The van der Waals surface area contributed by atoms with E-state index >= 15 is 0 Å². The van der Waals surface area contributed by atoms with Crippen molar-refractivity contribution in [3.63, 3.8) is 0 Å². The van der Waals surface area contributed by atoms with Gasteiger partial charge in [0.15, 0.2) is 5.65 Å². The van der Waals surface area contributed by atoms with Crippen molar-refractivity contribution in [2.24, 2.45) is 0 Å². The van der Waals surface area contributed by atoms with Crippen molar-refractivity contribution in [3.05, 3.63) is 48.4 Å². The van der Waals surface area contributed by atoms with Crippen molar-refractivity contribution in [2.45, 2.75) is 44.6 Å².